The third-order valence-corrected chi connectivity index (χ3v) is 6.49. The fourth-order valence-corrected chi connectivity index (χ4v) is 5.13. The summed E-state index contributed by atoms with van der Waals surface area (Å²) in [7, 11) is -2.96. The van der Waals surface area contributed by atoms with Gasteiger partial charge in [-0.1, -0.05) is 42.5 Å². The molecule has 0 aromatic heterocycles. The average Bonchev–Trinajstić information content (AvgIpc) is 2.88. The van der Waals surface area contributed by atoms with E-state index in [1.807, 2.05) is 49.4 Å². The molecule has 126 valence electrons. The number of amides is 1. The molecular formula is C17H23NO3S2. The summed E-state index contributed by atoms with van der Waals surface area (Å²) in [5.74, 6) is 1.51. The number of carbonyl (C=O) groups is 1. The van der Waals surface area contributed by atoms with Crippen molar-refractivity contribution in [2.24, 2.45) is 0 Å². The Morgan fingerprint density at radius 1 is 1.35 bits per heavy atom. The minimum atomic E-state index is -2.96. The summed E-state index contributed by atoms with van der Waals surface area (Å²) in [6.45, 7) is 2.47. The fraction of sp³-hybridized carbons (Fsp3) is 0.471. The molecule has 2 rings (SSSR count). The highest BCUT2D eigenvalue weighted by atomic mass is 32.2. The first kappa shape index (κ1) is 18.1. The molecule has 1 atom stereocenters. The van der Waals surface area contributed by atoms with E-state index < -0.39 is 9.84 Å². The molecule has 0 saturated carbocycles. The number of thioether (sulfide) groups is 1. The largest absolute Gasteiger partial charge is 0.338 e. The van der Waals surface area contributed by atoms with Gasteiger partial charge in [0.25, 0.3) is 0 Å². The van der Waals surface area contributed by atoms with Crippen molar-refractivity contribution in [2.45, 2.75) is 19.4 Å². The summed E-state index contributed by atoms with van der Waals surface area (Å²) in [5, 5.41) is 0. The highest BCUT2D eigenvalue weighted by Crippen LogP contribution is 2.19. The SMILES string of the molecule is CCN(C(=O)CSC/C=C/c1ccccc1)C1CCS(=O)(=O)C1. The molecule has 4 nitrogen and oxygen atoms in total. The standard InChI is InChI=1S/C17H23NO3S2/c1-2-18(16-10-12-23(20,21)14-16)17(19)13-22-11-6-9-15-7-4-3-5-8-15/h3-9,16H,2,10-14H2,1H3/b9-6+. The Bertz CT molecular complexity index is 641. The van der Waals surface area contributed by atoms with Crippen LogP contribution in [0.15, 0.2) is 36.4 Å². The van der Waals surface area contributed by atoms with Crippen LogP contribution >= 0.6 is 11.8 Å². The van der Waals surface area contributed by atoms with Gasteiger partial charge >= 0.3 is 0 Å². The van der Waals surface area contributed by atoms with Crippen molar-refractivity contribution in [3.63, 3.8) is 0 Å². The van der Waals surface area contributed by atoms with Gasteiger partial charge in [-0.3, -0.25) is 4.79 Å². The van der Waals surface area contributed by atoms with Gasteiger partial charge in [0.05, 0.1) is 17.3 Å². The summed E-state index contributed by atoms with van der Waals surface area (Å²) in [4.78, 5) is 14.0. The van der Waals surface area contributed by atoms with E-state index in [0.29, 0.717) is 18.7 Å². The average molecular weight is 354 g/mol. The Kier molecular flexibility index (Phi) is 6.72. The normalized spacial score (nSPS) is 20.0. The van der Waals surface area contributed by atoms with Crippen LogP contribution < -0.4 is 0 Å². The van der Waals surface area contributed by atoms with Gasteiger partial charge in [-0.15, -0.1) is 11.8 Å². The fourth-order valence-electron chi connectivity index (χ4n) is 2.70. The van der Waals surface area contributed by atoms with Gasteiger partial charge in [0.15, 0.2) is 9.84 Å². The highest BCUT2D eigenvalue weighted by Gasteiger charge is 2.33. The van der Waals surface area contributed by atoms with Gasteiger partial charge in [0, 0.05) is 18.3 Å². The van der Waals surface area contributed by atoms with Crippen LogP contribution in [0.3, 0.4) is 0 Å². The van der Waals surface area contributed by atoms with E-state index in [4.69, 9.17) is 0 Å². The second-order valence-corrected chi connectivity index (χ2v) is 8.82. The quantitative estimate of drug-likeness (QED) is 0.707. The Balaban J connectivity index is 1.76. The predicted molar refractivity (Wildman–Crippen MR) is 97.2 cm³/mol. The first-order valence-corrected chi connectivity index (χ1v) is 10.8. The zero-order valence-corrected chi connectivity index (χ0v) is 15.0. The second-order valence-electron chi connectivity index (χ2n) is 5.56. The number of nitrogens with zero attached hydrogens (tertiary/aromatic N) is 1. The molecule has 1 aliphatic heterocycles. The molecule has 6 heteroatoms. The molecule has 1 aromatic carbocycles. The summed E-state index contributed by atoms with van der Waals surface area (Å²) in [6.07, 6.45) is 4.66. The highest BCUT2D eigenvalue weighted by molar-refractivity contribution is 8.00. The lowest BCUT2D eigenvalue weighted by molar-refractivity contribution is -0.129. The van der Waals surface area contributed by atoms with Crippen LogP contribution in [0.1, 0.15) is 18.9 Å². The van der Waals surface area contributed by atoms with Crippen LogP contribution in [0.2, 0.25) is 0 Å². The summed E-state index contributed by atoms with van der Waals surface area (Å²) in [6, 6.07) is 9.89. The lowest BCUT2D eigenvalue weighted by Crippen LogP contribution is -2.42. The van der Waals surface area contributed by atoms with Crippen LogP contribution in [0.4, 0.5) is 0 Å². The third kappa shape index (κ3) is 5.70. The number of hydrogen-bond acceptors (Lipinski definition) is 4. The third-order valence-electron chi connectivity index (χ3n) is 3.86. The molecule has 0 radical (unpaired) electrons. The van der Waals surface area contributed by atoms with Gasteiger partial charge in [0.2, 0.25) is 5.91 Å². The topological polar surface area (TPSA) is 54.5 Å². The Morgan fingerprint density at radius 2 is 2.09 bits per heavy atom. The van der Waals surface area contributed by atoms with Crippen molar-refractivity contribution in [3.05, 3.63) is 42.0 Å². The summed E-state index contributed by atoms with van der Waals surface area (Å²) < 4.78 is 23.1. The molecule has 1 saturated heterocycles. The number of sulfone groups is 1. The minimum Gasteiger partial charge on any atom is -0.338 e. The number of benzene rings is 1. The van der Waals surface area contributed by atoms with E-state index in [-0.39, 0.29) is 23.5 Å². The second kappa shape index (κ2) is 8.55. The first-order chi connectivity index (χ1) is 11.0. The Labute approximate surface area is 142 Å². The van der Waals surface area contributed by atoms with Crippen molar-refractivity contribution in [3.8, 4) is 0 Å². The van der Waals surface area contributed by atoms with Crippen LogP contribution in [0.25, 0.3) is 6.08 Å². The Morgan fingerprint density at radius 3 is 2.70 bits per heavy atom. The molecule has 1 unspecified atom stereocenters. The number of carbonyl (C=O) groups excluding carboxylic acids is 1. The molecule has 1 fully saturated rings. The van der Waals surface area contributed by atoms with Gasteiger partial charge < -0.3 is 4.90 Å². The molecule has 0 N–H and O–H groups in total. The van der Waals surface area contributed by atoms with E-state index in [0.717, 1.165) is 11.3 Å². The minimum absolute atomic E-state index is 0.0349. The molecule has 23 heavy (non-hydrogen) atoms. The molecule has 1 heterocycles. The van der Waals surface area contributed by atoms with E-state index >= 15 is 0 Å². The van der Waals surface area contributed by atoms with Crippen molar-refractivity contribution in [2.75, 3.05) is 29.6 Å². The van der Waals surface area contributed by atoms with Crippen LogP contribution in [-0.2, 0) is 14.6 Å². The van der Waals surface area contributed by atoms with Crippen LogP contribution in [0.5, 0.6) is 0 Å². The lowest BCUT2D eigenvalue weighted by Gasteiger charge is -2.26. The van der Waals surface area contributed by atoms with Gasteiger partial charge in [-0.25, -0.2) is 8.42 Å². The monoisotopic (exact) mass is 353 g/mol. The lowest BCUT2D eigenvalue weighted by atomic mass is 10.2. The molecule has 1 aliphatic rings. The van der Waals surface area contributed by atoms with Crippen molar-refractivity contribution in [1.82, 2.24) is 4.90 Å². The van der Waals surface area contributed by atoms with Gasteiger partial charge in [0.1, 0.15) is 0 Å². The smallest absolute Gasteiger partial charge is 0.232 e. The molecule has 0 spiro atoms. The molecule has 0 aliphatic carbocycles. The van der Waals surface area contributed by atoms with Gasteiger partial charge in [-0.2, -0.15) is 0 Å². The maximum absolute atomic E-state index is 12.3. The molecule has 1 amide bonds. The predicted octanol–water partition coefficient (Wildman–Crippen LogP) is 2.47. The van der Waals surface area contributed by atoms with E-state index in [2.05, 4.69) is 0 Å². The van der Waals surface area contributed by atoms with Gasteiger partial charge in [-0.05, 0) is 18.9 Å². The zero-order chi connectivity index (χ0) is 16.7. The molecular weight excluding hydrogens is 330 g/mol. The van der Waals surface area contributed by atoms with Crippen LogP contribution in [-0.4, -0.2) is 54.8 Å². The maximum Gasteiger partial charge on any atom is 0.232 e. The molecule has 0 bridgehead atoms. The van der Waals surface area contributed by atoms with Crippen molar-refractivity contribution < 1.29 is 13.2 Å². The Hall–Kier alpha value is -1.27. The van der Waals surface area contributed by atoms with Crippen molar-refractivity contribution >= 4 is 33.6 Å². The molecule has 1 aromatic rings. The zero-order valence-electron chi connectivity index (χ0n) is 13.3. The number of rotatable bonds is 7. The number of hydrogen-bond donors (Lipinski definition) is 0. The van der Waals surface area contributed by atoms with Crippen molar-refractivity contribution in [1.29, 1.82) is 0 Å². The van der Waals surface area contributed by atoms with E-state index in [9.17, 15) is 13.2 Å². The van der Waals surface area contributed by atoms with E-state index in [1.165, 1.54) is 0 Å². The summed E-state index contributed by atoms with van der Waals surface area (Å²) >= 11 is 1.56. The first-order valence-electron chi connectivity index (χ1n) is 7.81. The van der Waals surface area contributed by atoms with Crippen LogP contribution in [0, 0.1) is 0 Å². The van der Waals surface area contributed by atoms with E-state index in [1.54, 1.807) is 16.7 Å². The maximum atomic E-state index is 12.3. The summed E-state index contributed by atoms with van der Waals surface area (Å²) in [5.41, 5.74) is 1.14.